The Kier molecular flexibility index (Phi) is 79.4. The van der Waals surface area contributed by atoms with Crippen molar-refractivity contribution in [3.05, 3.63) is 134 Å². The number of esters is 2. The number of ether oxygens (including phenoxy) is 4. The molecule has 0 rings (SSSR count). The highest BCUT2D eigenvalue weighted by molar-refractivity contribution is 5.70. The van der Waals surface area contributed by atoms with Crippen LogP contribution >= 0.6 is 0 Å². The van der Waals surface area contributed by atoms with Crippen LogP contribution < -0.4 is 5.11 Å². The first-order valence-corrected chi connectivity index (χ1v) is 43.3. The number of quaternary nitrogens is 1. The molecule has 0 aromatic heterocycles. The number of rotatable bonds is 80. The monoisotopic (exact) mass is 1430 g/mol. The van der Waals surface area contributed by atoms with Crippen LogP contribution in [0.5, 0.6) is 0 Å². The number of aliphatic carboxylic acids is 1. The summed E-state index contributed by atoms with van der Waals surface area (Å²) < 4.78 is 22.9. The van der Waals surface area contributed by atoms with Gasteiger partial charge in [-0.1, -0.05) is 411 Å². The Hall–Kier alpha value is -4.57. The number of carbonyl (C=O) groups excluding carboxylic acids is 3. The van der Waals surface area contributed by atoms with Crippen LogP contribution in [0.4, 0.5) is 0 Å². The predicted molar refractivity (Wildman–Crippen MR) is 444 cm³/mol. The van der Waals surface area contributed by atoms with Crippen LogP contribution in [0.2, 0.25) is 0 Å². The molecule has 0 aromatic rings. The SMILES string of the molecule is CC/C=C\C/C=C\C/C=C\C/C=C\C/C=C\C/C=C\C/C=C\C/C=C\C/C=C\C/C=C\C/C=C\CCCCCCCCCC(=O)OC(COC(=O)CCCCCCCCCCCCCCCCCCCCCCCCCCCCCCCCCCCCCCC)COC(OCC[N+](C)(C)C)C(=O)[O-]. The maximum atomic E-state index is 13.0. The highest BCUT2D eigenvalue weighted by Gasteiger charge is 2.22. The second kappa shape index (κ2) is 83.1. The Morgan fingerprint density at radius 1 is 0.301 bits per heavy atom. The number of likely N-dealkylation sites (N-methyl/N-ethyl adjacent to an activating group) is 1. The van der Waals surface area contributed by atoms with Crippen LogP contribution in [0.3, 0.4) is 0 Å². The number of allylic oxidation sites excluding steroid dienone is 22. The number of hydrogen-bond donors (Lipinski definition) is 0. The Labute approximate surface area is 637 Å². The molecule has 2 atom stereocenters. The lowest BCUT2D eigenvalue weighted by Gasteiger charge is -2.26. The summed E-state index contributed by atoms with van der Waals surface area (Å²) >= 11 is 0. The van der Waals surface area contributed by atoms with Gasteiger partial charge in [0, 0.05) is 12.8 Å². The zero-order valence-electron chi connectivity index (χ0n) is 67.9. The van der Waals surface area contributed by atoms with Gasteiger partial charge in [0.2, 0.25) is 0 Å². The minimum atomic E-state index is -1.63. The van der Waals surface area contributed by atoms with E-state index in [-0.39, 0.29) is 38.6 Å². The van der Waals surface area contributed by atoms with Crippen molar-refractivity contribution < 1.29 is 42.9 Å². The summed E-state index contributed by atoms with van der Waals surface area (Å²) in [6, 6.07) is 0. The van der Waals surface area contributed by atoms with E-state index in [1.807, 2.05) is 21.1 Å². The Bertz CT molecular complexity index is 2170. The van der Waals surface area contributed by atoms with Gasteiger partial charge in [0.15, 0.2) is 12.4 Å². The number of carboxylic acids is 1. The molecule has 0 aliphatic rings. The quantitative estimate of drug-likeness (QED) is 0.0195. The van der Waals surface area contributed by atoms with Gasteiger partial charge in [-0.05, 0) is 96.3 Å². The van der Waals surface area contributed by atoms with E-state index in [9.17, 15) is 19.5 Å². The van der Waals surface area contributed by atoms with Gasteiger partial charge in [0.1, 0.15) is 13.2 Å². The summed E-state index contributed by atoms with van der Waals surface area (Å²) in [5.74, 6) is -2.29. The smallest absolute Gasteiger partial charge is 0.306 e. The van der Waals surface area contributed by atoms with Gasteiger partial charge in [-0.25, -0.2) is 0 Å². The maximum Gasteiger partial charge on any atom is 0.306 e. The lowest BCUT2D eigenvalue weighted by molar-refractivity contribution is -0.870. The first-order chi connectivity index (χ1) is 50.6. The van der Waals surface area contributed by atoms with Gasteiger partial charge >= 0.3 is 11.9 Å². The Morgan fingerprint density at radius 3 is 0.825 bits per heavy atom. The molecule has 0 N–H and O–H groups in total. The minimum absolute atomic E-state index is 0.141. The summed E-state index contributed by atoms with van der Waals surface area (Å²) in [5.41, 5.74) is 0. The van der Waals surface area contributed by atoms with E-state index in [2.05, 4.69) is 148 Å². The summed E-state index contributed by atoms with van der Waals surface area (Å²) in [4.78, 5) is 37.7. The molecule has 103 heavy (non-hydrogen) atoms. The summed E-state index contributed by atoms with van der Waals surface area (Å²) in [6.07, 6.45) is 117. The van der Waals surface area contributed by atoms with Gasteiger partial charge in [-0.15, -0.1) is 0 Å². The largest absolute Gasteiger partial charge is 0.545 e. The molecule has 0 heterocycles. The lowest BCUT2D eigenvalue weighted by Crippen LogP contribution is -2.44. The second-order valence-electron chi connectivity index (χ2n) is 30.1. The van der Waals surface area contributed by atoms with Crippen molar-refractivity contribution in [3.8, 4) is 0 Å². The van der Waals surface area contributed by atoms with E-state index in [4.69, 9.17) is 18.9 Å². The number of hydrogen-bond acceptors (Lipinski definition) is 8. The van der Waals surface area contributed by atoms with E-state index in [0.717, 1.165) is 116 Å². The summed E-state index contributed by atoms with van der Waals surface area (Å²) in [5, 5.41) is 11.9. The van der Waals surface area contributed by atoms with Crippen LogP contribution in [0.1, 0.15) is 386 Å². The lowest BCUT2D eigenvalue weighted by atomic mass is 10.0. The molecule has 0 aliphatic carbocycles. The van der Waals surface area contributed by atoms with Crippen LogP contribution in [0, 0.1) is 0 Å². The van der Waals surface area contributed by atoms with Crippen molar-refractivity contribution in [3.63, 3.8) is 0 Å². The molecule has 0 bridgehead atoms. The summed E-state index contributed by atoms with van der Waals surface area (Å²) in [6.45, 7) is 4.66. The normalized spacial score (nSPS) is 13.3. The van der Waals surface area contributed by atoms with E-state index >= 15 is 0 Å². The molecule has 0 saturated carbocycles. The van der Waals surface area contributed by atoms with E-state index in [0.29, 0.717) is 17.4 Å². The number of unbranched alkanes of at least 4 members (excludes halogenated alkanes) is 43. The Balaban J connectivity index is 4.05. The maximum absolute atomic E-state index is 13.0. The third-order valence-electron chi connectivity index (χ3n) is 18.9. The van der Waals surface area contributed by atoms with Crippen LogP contribution in [0.15, 0.2) is 134 Å². The molecular weight excluding hydrogens is 1270 g/mol. The number of carbonyl (C=O) groups is 3. The van der Waals surface area contributed by atoms with Crippen molar-refractivity contribution in [2.75, 3.05) is 47.5 Å². The first kappa shape index (κ1) is 98.4. The molecular formula is C94H163NO8. The highest BCUT2D eigenvalue weighted by Crippen LogP contribution is 2.19. The van der Waals surface area contributed by atoms with Crippen molar-refractivity contribution >= 4 is 17.9 Å². The van der Waals surface area contributed by atoms with Crippen molar-refractivity contribution in [1.29, 1.82) is 0 Å². The molecule has 0 aromatic carbocycles. The van der Waals surface area contributed by atoms with Crippen LogP contribution in [-0.4, -0.2) is 82.3 Å². The fraction of sp³-hybridized carbons (Fsp3) is 0.734. The van der Waals surface area contributed by atoms with Gasteiger partial charge < -0.3 is 33.3 Å². The zero-order valence-corrected chi connectivity index (χ0v) is 67.9. The fourth-order valence-electron chi connectivity index (χ4n) is 12.4. The van der Waals surface area contributed by atoms with E-state index in [1.54, 1.807) is 0 Å². The highest BCUT2D eigenvalue weighted by atomic mass is 16.7. The molecule has 0 aliphatic heterocycles. The fourth-order valence-corrected chi connectivity index (χ4v) is 12.4. The predicted octanol–water partition coefficient (Wildman–Crippen LogP) is 27.0. The molecule has 9 heteroatoms. The van der Waals surface area contributed by atoms with Crippen molar-refractivity contribution in [2.24, 2.45) is 0 Å². The number of carboxylic acid groups (broad SMARTS) is 1. The van der Waals surface area contributed by atoms with E-state index in [1.165, 1.54) is 238 Å². The molecule has 0 spiro atoms. The molecule has 0 radical (unpaired) electrons. The van der Waals surface area contributed by atoms with Gasteiger partial charge in [-0.3, -0.25) is 9.59 Å². The molecule has 0 saturated heterocycles. The third kappa shape index (κ3) is 84.6. The first-order valence-electron chi connectivity index (χ1n) is 43.3. The summed E-state index contributed by atoms with van der Waals surface area (Å²) in [7, 11) is 5.94. The van der Waals surface area contributed by atoms with Crippen LogP contribution in [-0.2, 0) is 33.3 Å². The zero-order chi connectivity index (χ0) is 74.6. The van der Waals surface area contributed by atoms with Crippen LogP contribution in [0.25, 0.3) is 0 Å². The van der Waals surface area contributed by atoms with Gasteiger partial charge in [0.25, 0.3) is 0 Å². The number of nitrogens with zero attached hydrogens (tertiary/aromatic N) is 1. The average Bonchev–Trinajstić information content (AvgIpc) is 1.01. The van der Waals surface area contributed by atoms with Crippen molar-refractivity contribution in [1.82, 2.24) is 0 Å². The molecule has 9 nitrogen and oxygen atoms in total. The van der Waals surface area contributed by atoms with E-state index < -0.39 is 24.3 Å². The molecule has 0 fully saturated rings. The molecule has 592 valence electrons. The Morgan fingerprint density at radius 2 is 0.553 bits per heavy atom. The van der Waals surface area contributed by atoms with Crippen molar-refractivity contribution in [2.45, 2.75) is 399 Å². The van der Waals surface area contributed by atoms with Gasteiger partial charge in [-0.2, -0.15) is 0 Å². The minimum Gasteiger partial charge on any atom is -0.545 e. The average molecular weight is 1440 g/mol. The standard InChI is InChI=1S/C94H163NO8/c1-6-8-10-12-14-16-18-20-22-24-26-28-30-32-34-36-38-40-42-44-45-46-47-49-51-53-55-57-59-61-63-65-67-69-71-73-75-77-79-81-83-85-92(97)103-90(89-102-94(93(98)99)100-87-86-95(3,4)5)88-101-91(96)84-82-80-78-76-74-72-70-68-66-64-62-60-58-56-54-52-50-48-43-41-39-37-35-33-31-29-27-25-23-21-19-17-15-13-11-9-7-2/h8,10,14,16,20,22,26,28,32,34,38,40,44-45,47,49,53,55,59,61,65,67,90,94H,6-7,9,11-13,15,17-19,21,23-25,27,29-31,33,35-37,39,41-43,46,48,50-52,54,56-58,60,62-64,66,68-89H2,1-5H3/b10-8-,16-14-,22-20-,28-26-,34-32-,40-38-,45-44-,49-47-,55-53-,61-59-,67-65-. The van der Waals surface area contributed by atoms with Gasteiger partial charge in [0.05, 0.1) is 40.3 Å². The molecule has 2 unspecified atom stereocenters. The topological polar surface area (TPSA) is 111 Å². The third-order valence-corrected chi connectivity index (χ3v) is 18.9. The molecule has 0 amide bonds. The second-order valence-corrected chi connectivity index (χ2v) is 30.1.